The van der Waals surface area contributed by atoms with E-state index in [0.717, 1.165) is 25.1 Å². The molecule has 0 radical (unpaired) electrons. The maximum Gasteiger partial charge on any atom is 0.204 e. The molecule has 2 aromatic carbocycles. The van der Waals surface area contributed by atoms with Gasteiger partial charge in [0.05, 0.1) is 0 Å². The lowest BCUT2D eigenvalue weighted by Crippen LogP contribution is -2.31. The first kappa shape index (κ1) is 14.8. The standard InChI is InChI=1S/C19H19N5/c1-3-7-16(8-4-1)17-11-13-23(14-12-17)15-24-21-19(20-22-24)18-9-5-2-6-10-18/h1-11H,12-15H2. The highest BCUT2D eigenvalue weighted by Crippen LogP contribution is 2.22. The van der Waals surface area contributed by atoms with E-state index in [1.54, 1.807) is 4.80 Å². The molecule has 0 saturated carbocycles. The molecule has 0 N–H and O–H groups in total. The van der Waals surface area contributed by atoms with Gasteiger partial charge < -0.3 is 0 Å². The second-order valence-corrected chi connectivity index (χ2v) is 5.92. The summed E-state index contributed by atoms with van der Waals surface area (Å²) in [5.41, 5.74) is 3.74. The third kappa shape index (κ3) is 3.26. The predicted molar refractivity (Wildman–Crippen MR) is 93.9 cm³/mol. The molecule has 0 saturated heterocycles. The fraction of sp³-hybridized carbons (Fsp3) is 0.211. The highest BCUT2D eigenvalue weighted by atomic mass is 15.6. The van der Waals surface area contributed by atoms with E-state index in [1.165, 1.54) is 11.1 Å². The van der Waals surface area contributed by atoms with Gasteiger partial charge in [0, 0.05) is 18.7 Å². The van der Waals surface area contributed by atoms with Crippen LogP contribution in [0.4, 0.5) is 0 Å². The minimum absolute atomic E-state index is 0.665. The van der Waals surface area contributed by atoms with E-state index in [-0.39, 0.29) is 0 Å². The van der Waals surface area contributed by atoms with Gasteiger partial charge in [0.25, 0.3) is 0 Å². The summed E-state index contributed by atoms with van der Waals surface area (Å²) in [4.78, 5) is 3.99. The Morgan fingerprint density at radius 2 is 1.58 bits per heavy atom. The maximum atomic E-state index is 4.48. The van der Waals surface area contributed by atoms with E-state index >= 15 is 0 Å². The van der Waals surface area contributed by atoms with Crippen molar-refractivity contribution >= 4 is 5.57 Å². The van der Waals surface area contributed by atoms with Gasteiger partial charge in [-0.2, -0.15) is 0 Å². The molecule has 120 valence electrons. The van der Waals surface area contributed by atoms with Crippen LogP contribution in [0.2, 0.25) is 0 Å². The molecule has 24 heavy (non-hydrogen) atoms. The Morgan fingerprint density at radius 3 is 2.25 bits per heavy atom. The van der Waals surface area contributed by atoms with Crippen LogP contribution in [-0.2, 0) is 6.67 Å². The first-order valence-electron chi connectivity index (χ1n) is 8.18. The van der Waals surface area contributed by atoms with Crippen LogP contribution in [0.5, 0.6) is 0 Å². The van der Waals surface area contributed by atoms with Gasteiger partial charge in [-0.3, -0.25) is 4.90 Å². The Kier molecular flexibility index (Phi) is 4.16. The minimum atomic E-state index is 0.665. The number of hydrogen-bond acceptors (Lipinski definition) is 4. The molecule has 0 bridgehead atoms. The fourth-order valence-corrected chi connectivity index (χ4v) is 2.94. The normalized spacial score (nSPS) is 15.2. The largest absolute Gasteiger partial charge is 0.279 e. The molecule has 5 nitrogen and oxygen atoms in total. The molecular weight excluding hydrogens is 298 g/mol. The summed E-state index contributed by atoms with van der Waals surface area (Å²) in [7, 11) is 0. The Morgan fingerprint density at radius 1 is 0.875 bits per heavy atom. The van der Waals surface area contributed by atoms with Crippen LogP contribution in [-0.4, -0.2) is 38.2 Å². The van der Waals surface area contributed by atoms with Crippen molar-refractivity contribution in [2.45, 2.75) is 13.1 Å². The maximum absolute atomic E-state index is 4.48. The van der Waals surface area contributed by atoms with Gasteiger partial charge in [-0.1, -0.05) is 66.7 Å². The van der Waals surface area contributed by atoms with Crippen LogP contribution >= 0.6 is 0 Å². The molecule has 0 aliphatic carbocycles. The van der Waals surface area contributed by atoms with E-state index in [2.05, 4.69) is 56.7 Å². The molecule has 0 fully saturated rings. The summed E-state index contributed by atoms with van der Waals surface area (Å²) in [6.07, 6.45) is 3.35. The van der Waals surface area contributed by atoms with Gasteiger partial charge in [-0.25, -0.2) is 0 Å². The molecule has 0 atom stereocenters. The van der Waals surface area contributed by atoms with Crippen LogP contribution < -0.4 is 0 Å². The van der Waals surface area contributed by atoms with Gasteiger partial charge in [0.15, 0.2) is 0 Å². The molecule has 1 aromatic heterocycles. The third-order valence-corrected chi connectivity index (χ3v) is 4.25. The smallest absolute Gasteiger partial charge is 0.204 e. The van der Waals surface area contributed by atoms with Crippen molar-refractivity contribution in [1.29, 1.82) is 0 Å². The van der Waals surface area contributed by atoms with Gasteiger partial charge in [0.1, 0.15) is 6.67 Å². The molecule has 0 amide bonds. The fourth-order valence-electron chi connectivity index (χ4n) is 2.94. The average molecular weight is 317 g/mol. The summed E-state index contributed by atoms with van der Waals surface area (Å²) >= 11 is 0. The Balaban J connectivity index is 1.41. The topological polar surface area (TPSA) is 46.8 Å². The lowest BCUT2D eigenvalue weighted by Gasteiger charge is -2.25. The summed E-state index contributed by atoms with van der Waals surface area (Å²) < 4.78 is 0. The number of nitrogens with zero attached hydrogens (tertiary/aromatic N) is 5. The van der Waals surface area contributed by atoms with Gasteiger partial charge >= 0.3 is 0 Å². The second kappa shape index (κ2) is 6.76. The van der Waals surface area contributed by atoms with Crippen molar-refractivity contribution in [2.24, 2.45) is 0 Å². The van der Waals surface area contributed by atoms with E-state index in [0.29, 0.717) is 12.5 Å². The number of benzene rings is 2. The Bertz CT molecular complexity index is 823. The van der Waals surface area contributed by atoms with Gasteiger partial charge in [-0.05, 0) is 22.8 Å². The SMILES string of the molecule is C1=C(c2ccccc2)CCN(Cn2nnc(-c3ccccc3)n2)C1. The minimum Gasteiger partial charge on any atom is -0.279 e. The molecule has 0 spiro atoms. The van der Waals surface area contributed by atoms with Crippen molar-refractivity contribution in [1.82, 2.24) is 25.1 Å². The van der Waals surface area contributed by atoms with E-state index in [1.807, 2.05) is 30.3 Å². The summed E-state index contributed by atoms with van der Waals surface area (Å²) in [6, 6.07) is 20.5. The summed E-state index contributed by atoms with van der Waals surface area (Å²) in [5, 5.41) is 12.8. The number of tetrazole rings is 1. The first-order valence-corrected chi connectivity index (χ1v) is 8.18. The second-order valence-electron chi connectivity index (χ2n) is 5.92. The lowest BCUT2D eigenvalue weighted by atomic mass is 10.00. The number of hydrogen-bond donors (Lipinski definition) is 0. The lowest BCUT2D eigenvalue weighted by molar-refractivity contribution is 0.211. The Labute approximate surface area is 141 Å². The number of rotatable bonds is 4. The monoisotopic (exact) mass is 317 g/mol. The number of aromatic nitrogens is 4. The zero-order chi connectivity index (χ0) is 16.2. The van der Waals surface area contributed by atoms with Crippen LogP contribution in [0, 0.1) is 0 Å². The van der Waals surface area contributed by atoms with Crippen molar-refractivity contribution in [3.63, 3.8) is 0 Å². The predicted octanol–water partition coefficient (Wildman–Crippen LogP) is 3.09. The van der Waals surface area contributed by atoms with Crippen LogP contribution in [0.25, 0.3) is 17.0 Å². The Hall–Kier alpha value is -2.79. The van der Waals surface area contributed by atoms with Gasteiger partial charge in [-0.15, -0.1) is 15.0 Å². The molecular formula is C19H19N5. The van der Waals surface area contributed by atoms with Crippen molar-refractivity contribution in [3.8, 4) is 11.4 Å². The van der Waals surface area contributed by atoms with E-state index < -0.39 is 0 Å². The highest BCUT2D eigenvalue weighted by Gasteiger charge is 2.14. The highest BCUT2D eigenvalue weighted by molar-refractivity contribution is 5.66. The van der Waals surface area contributed by atoms with E-state index in [4.69, 9.17) is 0 Å². The first-order chi connectivity index (χ1) is 11.9. The van der Waals surface area contributed by atoms with Gasteiger partial charge in [0.2, 0.25) is 5.82 Å². The summed E-state index contributed by atoms with van der Waals surface area (Å²) in [6.45, 7) is 2.58. The zero-order valence-corrected chi connectivity index (χ0v) is 13.4. The molecule has 5 heteroatoms. The molecule has 0 unspecified atom stereocenters. The molecule has 4 rings (SSSR count). The summed E-state index contributed by atoms with van der Waals surface area (Å²) in [5.74, 6) is 0.674. The molecule has 1 aliphatic rings. The van der Waals surface area contributed by atoms with Crippen molar-refractivity contribution in [2.75, 3.05) is 13.1 Å². The van der Waals surface area contributed by atoms with Crippen LogP contribution in [0.3, 0.4) is 0 Å². The average Bonchev–Trinajstić information content (AvgIpc) is 3.12. The van der Waals surface area contributed by atoms with Crippen LogP contribution in [0.1, 0.15) is 12.0 Å². The van der Waals surface area contributed by atoms with Crippen molar-refractivity contribution < 1.29 is 0 Å². The molecule has 1 aliphatic heterocycles. The molecule has 2 heterocycles. The molecule has 3 aromatic rings. The quantitative estimate of drug-likeness (QED) is 0.742. The zero-order valence-electron chi connectivity index (χ0n) is 13.4. The van der Waals surface area contributed by atoms with Crippen LogP contribution in [0.15, 0.2) is 66.7 Å². The third-order valence-electron chi connectivity index (χ3n) is 4.25. The van der Waals surface area contributed by atoms with E-state index in [9.17, 15) is 0 Å². The van der Waals surface area contributed by atoms with Crippen molar-refractivity contribution in [3.05, 3.63) is 72.3 Å².